The topological polar surface area (TPSA) is 29.5 Å². The zero-order chi connectivity index (χ0) is 16.4. The van der Waals surface area contributed by atoms with E-state index < -0.39 is 0 Å². The molecule has 118 valence electrons. The summed E-state index contributed by atoms with van der Waals surface area (Å²) in [5.41, 5.74) is 2.86. The predicted octanol–water partition coefficient (Wildman–Crippen LogP) is 4.56. The number of para-hydroxylation sites is 1. The smallest absolute Gasteiger partial charge is 0.410 e. The van der Waals surface area contributed by atoms with Crippen molar-refractivity contribution in [3.63, 3.8) is 0 Å². The van der Waals surface area contributed by atoms with E-state index in [9.17, 15) is 4.79 Å². The van der Waals surface area contributed by atoms with Crippen LogP contribution in [0.25, 0.3) is 0 Å². The van der Waals surface area contributed by atoms with E-state index in [2.05, 4.69) is 38.1 Å². The van der Waals surface area contributed by atoms with E-state index in [1.807, 2.05) is 18.2 Å². The molecule has 1 amide bonds. The van der Waals surface area contributed by atoms with Gasteiger partial charge in [-0.3, -0.25) is 0 Å². The highest BCUT2D eigenvalue weighted by Crippen LogP contribution is 2.09. The maximum Gasteiger partial charge on any atom is 0.414 e. The van der Waals surface area contributed by atoms with Gasteiger partial charge in [0.05, 0.1) is 0 Å². The molecule has 0 atom stereocenters. The molecule has 0 spiro atoms. The summed E-state index contributed by atoms with van der Waals surface area (Å²) in [6, 6.07) is 17.8. The average molecular weight is 299 g/mol. The van der Waals surface area contributed by atoms with Gasteiger partial charge < -0.3 is 9.64 Å². The molecular weight excluding hydrogens is 274 g/mol. The first-order chi connectivity index (χ1) is 10.6. The Bertz CT molecular complexity index is 524. The first-order valence-corrected chi connectivity index (χ1v) is 7.58. The molecule has 0 heterocycles. The minimum absolute atomic E-state index is 0.360. The first kappa shape index (κ1) is 17.8. The summed E-state index contributed by atoms with van der Waals surface area (Å²) in [5.74, 6) is 0.566. The minimum atomic E-state index is -0.360. The minimum Gasteiger partial charge on any atom is -0.410 e. The molecule has 2 aromatic rings. The number of benzene rings is 2. The Morgan fingerprint density at radius 2 is 1.32 bits per heavy atom. The second-order valence-corrected chi connectivity index (χ2v) is 5.10. The van der Waals surface area contributed by atoms with Crippen LogP contribution in [-0.2, 0) is 12.8 Å². The molecule has 2 rings (SSSR count). The van der Waals surface area contributed by atoms with Crippen LogP contribution in [0, 0.1) is 0 Å². The second kappa shape index (κ2) is 9.61. The molecule has 0 aliphatic rings. The summed E-state index contributed by atoms with van der Waals surface area (Å²) >= 11 is 0. The Morgan fingerprint density at radius 1 is 0.864 bits per heavy atom. The fraction of sp³-hybridized carbons (Fsp3) is 0.316. The Morgan fingerprint density at radius 3 is 1.68 bits per heavy atom. The summed E-state index contributed by atoms with van der Waals surface area (Å²) in [7, 11) is 3.29. The fourth-order valence-corrected chi connectivity index (χ4v) is 1.69. The Labute approximate surface area is 133 Å². The van der Waals surface area contributed by atoms with E-state index in [0.717, 1.165) is 12.8 Å². The Balaban J connectivity index is 0.000000224. The highest BCUT2D eigenvalue weighted by Gasteiger charge is 2.04. The Kier molecular flexibility index (Phi) is 7.76. The van der Waals surface area contributed by atoms with Gasteiger partial charge in [0.15, 0.2) is 0 Å². The number of carbonyl (C=O) groups is 1. The van der Waals surface area contributed by atoms with Crippen LogP contribution < -0.4 is 4.74 Å². The van der Waals surface area contributed by atoms with Crippen molar-refractivity contribution in [2.24, 2.45) is 0 Å². The quantitative estimate of drug-likeness (QED) is 0.831. The summed E-state index contributed by atoms with van der Waals surface area (Å²) in [6.45, 7) is 4.36. The number of amides is 1. The van der Waals surface area contributed by atoms with Crippen molar-refractivity contribution >= 4 is 6.09 Å². The molecule has 2 aromatic carbocycles. The molecule has 0 fully saturated rings. The molecule has 3 heteroatoms. The predicted molar refractivity (Wildman–Crippen MR) is 91.4 cm³/mol. The van der Waals surface area contributed by atoms with E-state index in [-0.39, 0.29) is 6.09 Å². The van der Waals surface area contributed by atoms with E-state index in [4.69, 9.17) is 4.74 Å². The number of carbonyl (C=O) groups excluding carboxylic acids is 1. The highest BCUT2D eigenvalue weighted by atomic mass is 16.6. The van der Waals surface area contributed by atoms with Crippen molar-refractivity contribution in [1.29, 1.82) is 0 Å². The molecule has 0 aliphatic carbocycles. The lowest BCUT2D eigenvalue weighted by atomic mass is 10.1. The van der Waals surface area contributed by atoms with Crippen LogP contribution >= 0.6 is 0 Å². The third-order valence-corrected chi connectivity index (χ3v) is 3.15. The standard InChI is InChI=1S/C10H14.C9H11NO2/c1-3-9-5-7-10(4-2)8-6-9;1-10(2)9(11)12-8-6-4-3-5-7-8/h5-8H,3-4H2,1-2H3;3-7H,1-2H3. The van der Waals surface area contributed by atoms with Gasteiger partial charge in [-0.15, -0.1) is 0 Å². The number of hydrogen-bond donors (Lipinski definition) is 0. The lowest BCUT2D eigenvalue weighted by Gasteiger charge is -2.09. The van der Waals surface area contributed by atoms with Gasteiger partial charge in [-0.05, 0) is 36.1 Å². The van der Waals surface area contributed by atoms with Gasteiger partial charge in [0.25, 0.3) is 0 Å². The summed E-state index contributed by atoms with van der Waals surface area (Å²) in [4.78, 5) is 12.4. The number of hydrogen-bond acceptors (Lipinski definition) is 2. The van der Waals surface area contributed by atoms with Crippen molar-refractivity contribution < 1.29 is 9.53 Å². The van der Waals surface area contributed by atoms with Gasteiger partial charge in [0, 0.05) is 14.1 Å². The van der Waals surface area contributed by atoms with Crippen LogP contribution in [0.4, 0.5) is 4.79 Å². The molecule has 0 unspecified atom stereocenters. The van der Waals surface area contributed by atoms with Crippen LogP contribution in [0.5, 0.6) is 5.75 Å². The van der Waals surface area contributed by atoms with E-state index in [1.54, 1.807) is 26.2 Å². The normalized spacial score (nSPS) is 9.45. The van der Waals surface area contributed by atoms with Crippen molar-refractivity contribution in [2.75, 3.05) is 14.1 Å². The van der Waals surface area contributed by atoms with Gasteiger partial charge in [-0.1, -0.05) is 56.3 Å². The van der Waals surface area contributed by atoms with Crippen LogP contribution in [0.3, 0.4) is 0 Å². The van der Waals surface area contributed by atoms with Gasteiger partial charge >= 0.3 is 6.09 Å². The molecule has 0 aliphatic heterocycles. The number of nitrogens with zero attached hydrogens (tertiary/aromatic N) is 1. The molecular formula is C19H25NO2. The van der Waals surface area contributed by atoms with Crippen LogP contribution in [0.15, 0.2) is 54.6 Å². The van der Waals surface area contributed by atoms with Gasteiger partial charge in [0.1, 0.15) is 5.75 Å². The number of aryl methyl sites for hydroxylation is 2. The van der Waals surface area contributed by atoms with Crippen LogP contribution in [-0.4, -0.2) is 25.1 Å². The number of ether oxygens (including phenoxy) is 1. The molecule has 0 bridgehead atoms. The number of rotatable bonds is 3. The third-order valence-electron chi connectivity index (χ3n) is 3.15. The lowest BCUT2D eigenvalue weighted by molar-refractivity contribution is 0.172. The van der Waals surface area contributed by atoms with E-state index in [1.165, 1.54) is 16.0 Å². The van der Waals surface area contributed by atoms with E-state index >= 15 is 0 Å². The van der Waals surface area contributed by atoms with Crippen LogP contribution in [0.2, 0.25) is 0 Å². The lowest BCUT2D eigenvalue weighted by Crippen LogP contribution is -2.25. The molecule has 0 saturated heterocycles. The monoisotopic (exact) mass is 299 g/mol. The van der Waals surface area contributed by atoms with Crippen molar-refractivity contribution in [3.8, 4) is 5.75 Å². The summed E-state index contributed by atoms with van der Waals surface area (Å²) in [6.07, 6.45) is 1.93. The maximum absolute atomic E-state index is 11.0. The largest absolute Gasteiger partial charge is 0.414 e. The molecule has 22 heavy (non-hydrogen) atoms. The summed E-state index contributed by atoms with van der Waals surface area (Å²) < 4.78 is 4.96. The second-order valence-electron chi connectivity index (χ2n) is 5.10. The van der Waals surface area contributed by atoms with Crippen molar-refractivity contribution in [1.82, 2.24) is 4.90 Å². The third kappa shape index (κ3) is 6.44. The van der Waals surface area contributed by atoms with Gasteiger partial charge in [-0.2, -0.15) is 0 Å². The van der Waals surface area contributed by atoms with Gasteiger partial charge in [0.2, 0.25) is 0 Å². The van der Waals surface area contributed by atoms with E-state index in [0.29, 0.717) is 5.75 Å². The molecule has 0 aromatic heterocycles. The van der Waals surface area contributed by atoms with Gasteiger partial charge in [-0.25, -0.2) is 4.79 Å². The molecule has 0 N–H and O–H groups in total. The highest BCUT2D eigenvalue weighted by molar-refractivity contribution is 5.69. The average Bonchev–Trinajstić information content (AvgIpc) is 2.56. The zero-order valence-corrected chi connectivity index (χ0v) is 13.9. The Hall–Kier alpha value is -2.29. The fourth-order valence-electron chi connectivity index (χ4n) is 1.69. The zero-order valence-electron chi connectivity index (χ0n) is 13.9. The molecule has 0 radical (unpaired) electrons. The van der Waals surface area contributed by atoms with Crippen molar-refractivity contribution in [2.45, 2.75) is 26.7 Å². The molecule has 0 saturated carbocycles. The SMILES string of the molecule is CCc1ccc(CC)cc1.CN(C)C(=O)Oc1ccccc1. The first-order valence-electron chi connectivity index (χ1n) is 7.58. The van der Waals surface area contributed by atoms with Crippen molar-refractivity contribution in [3.05, 3.63) is 65.7 Å². The molecule has 3 nitrogen and oxygen atoms in total. The maximum atomic E-state index is 11.0. The van der Waals surface area contributed by atoms with Crippen LogP contribution in [0.1, 0.15) is 25.0 Å². The summed E-state index contributed by atoms with van der Waals surface area (Å²) in [5, 5.41) is 0.